The molecule has 1 atom stereocenters. The molecular formula is C26H26N4O2S. The van der Waals surface area contributed by atoms with E-state index in [0.29, 0.717) is 29.3 Å². The number of piperidine rings is 1. The number of nitrogens with zero attached hydrogens (tertiary/aromatic N) is 3. The van der Waals surface area contributed by atoms with Crippen LogP contribution < -0.4 is 15.8 Å². The Morgan fingerprint density at radius 2 is 1.91 bits per heavy atom. The lowest BCUT2D eigenvalue weighted by molar-refractivity contribution is -0.125. The number of benzene rings is 2. The van der Waals surface area contributed by atoms with Gasteiger partial charge in [-0.25, -0.2) is 9.55 Å². The maximum absolute atomic E-state index is 13.4. The molecule has 2 aromatic carbocycles. The maximum Gasteiger partial charge on any atom is 0.277 e. The molecule has 7 heteroatoms. The van der Waals surface area contributed by atoms with Gasteiger partial charge in [0.25, 0.3) is 5.56 Å². The summed E-state index contributed by atoms with van der Waals surface area (Å²) in [7, 11) is 0. The van der Waals surface area contributed by atoms with Crippen molar-refractivity contribution in [2.24, 2.45) is 5.92 Å². The SMILES string of the molecule is Cc1ccc(-n2c(N3CCC[C@@H](C(=O)NCc4ccccc4)C3)nc3ccsc3c2=O)cc1. The highest BCUT2D eigenvalue weighted by molar-refractivity contribution is 7.17. The van der Waals surface area contributed by atoms with E-state index in [1.165, 1.54) is 11.3 Å². The van der Waals surface area contributed by atoms with Crippen LogP contribution in [0.25, 0.3) is 15.9 Å². The van der Waals surface area contributed by atoms with Crippen molar-refractivity contribution < 1.29 is 4.79 Å². The van der Waals surface area contributed by atoms with E-state index < -0.39 is 0 Å². The van der Waals surface area contributed by atoms with Crippen molar-refractivity contribution in [3.05, 3.63) is 87.5 Å². The van der Waals surface area contributed by atoms with Crippen molar-refractivity contribution in [2.45, 2.75) is 26.3 Å². The Labute approximate surface area is 196 Å². The molecule has 1 aliphatic heterocycles. The van der Waals surface area contributed by atoms with Crippen molar-refractivity contribution in [2.75, 3.05) is 18.0 Å². The van der Waals surface area contributed by atoms with Gasteiger partial charge in [-0.2, -0.15) is 0 Å². The topological polar surface area (TPSA) is 67.2 Å². The van der Waals surface area contributed by atoms with E-state index in [2.05, 4.69) is 10.2 Å². The number of aromatic nitrogens is 2. The molecule has 1 fully saturated rings. The van der Waals surface area contributed by atoms with Gasteiger partial charge in [0.05, 0.1) is 17.1 Å². The minimum Gasteiger partial charge on any atom is -0.352 e. The van der Waals surface area contributed by atoms with Crippen LogP contribution in [0.15, 0.2) is 70.8 Å². The summed E-state index contributed by atoms with van der Waals surface area (Å²) in [6.45, 7) is 3.84. The third kappa shape index (κ3) is 4.41. The zero-order valence-electron chi connectivity index (χ0n) is 18.5. The fraction of sp³-hybridized carbons (Fsp3) is 0.269. The van der Waals surface area contributed by atoms with Crippen LogP contribution in [-0.2, 0) is 11.3 Å². The molecule has 1 aliphatic rings. The first-order chi connectivity index (χ1) is 16.1. The minimum absolute atomic E-state index is 0.0457. The van der Waals surface area contributed by atoms with E-state index in [-0.39, 0.29) is 17.4 Å². The van der Waals surface area contributed by atoms with E-state index >= 15 is 0 Å². The second kappa shape index (κ2) is 9.19. The Kier molecular flexibility index (Phi) is 5.96. The van der Waals surface area contributed by atoms with Gasteiger partial charge in [0.15, 0.2) is 0 Å². The number of nitrogens with one attached hydrogen (secondary N) is 1. The molecule has 168 valence electrons. The Morgan fingerprint density at radius 1 is 1.12 bits per heavy atom. The molecule has 33 heavy (non-hydrogen) atoms. The molecule has 0 unspecified atom stereocenters. The smallest absolute Gasteiger partial charge is 0.277 e. The minimum atomic E-state index is -0.149. The number of aryl methyl sites for hydroxylation is 1. The number of hydrogen-bond acceptors (Lipinski definition) is 5. The summed E-state index contributed by atoms with van der Waals surface area (Å²) in [5.41, 5.74) is 3.64. The molecular weight excluding hydrogens is 432 g/mol. The lowest BCUT2D eigenvalue weighted by Crippen LogP contribution is -2.45. The van der Waals surface area contributed by atoms with Crippen molar-refractivity contribution in [1.29, 1.82) is 0 Å². The first-order valence-electron chi connectivity index (χ1n) is 11.2. The Hall–Kier alpha value is -3.45. The Balaban J connectivity index is 1.44. The van der Waals surface area contributed by atoms with Crippen LogP contribution in [0.3, 0.4) is 0 Å². The molecule has 0 bridgehead atoms. The van der Waals surface area contributed by atoms with Gasteiger partial charge >= 0.3 is 0 Å². The van der Waals surface area contributed by atoms with E-state index in [0.717, 1.165) is 36.2 Å². The Morgan fingerprint density at radius 3 is 2.70 bits per heavy atom. The molecule has 6 nitrogen and oxygen atoms in total. The number of anilines is 1. The molecule has 1 amide bonds. The van der Waals surface area contributed by atoms with Gasteiger partial charge < -0.3 is 10.2 Å². The first kappa shape index (κ1) is 21.4. The number of thiophene rings is 1. The van der Waals surface area contributed by atoms with Gasteiger partial charge in [-0.1, -0.05) is 48.0 Å². The number of fused-ring (bicyclic) bond motifs is 1. The molecule has 0 aliphatic carbocycles. The van der Waals surface area contributed by atoms with Gasteiger partial charge in [0, 0.05) is 19.6 Å². The molecule has 1 saturated heterocycles. The van der Waals surface area contributed by atoms with Gasteiger partial charge in [-0.05, 0) is 48.9 Å². The third-order valence-electron chi connectivity index (χ3n) is 6.14. The molecule has 0 spiro atoms. The van der Waals surface area contributed by atoms with Gasteiger partial charge in [-0.3, -0.25) is 9.59 Å². The van der Waals surface area contributed by atoms with E-state index in [1.54, 1.807) is 4.57 Å². The highest BCUT2D eigenvalue weighted by Gasteiger charge is 2.29. The summed E-state index contributed by atoms with van der Waals surface area (Å²) < 4.78 is 2.34. The van der Waals surface area contributed by atoms with Crippen LogP contribution in [-0.4, -0.2) is 28.5 Å². The predicted octanol–water partition coefficient (Wildman–Crippen LogP) is 4.29. The summed E-state index contributed by atoms with van der Waals surface area (Å²) in [6.07, 6.45) is 1.70. The van der Waals surface area contributed by atoms with Gasteiger partial charge in [0.1, 0.15) is 4.70 Å². The summed E-state index contributed by atoms with van der Waals surface area (Å²) in [4.78, 5) is 33.4. The monoisotopic (exact) mass is 458 g/mol. The lowest BCUT2D eigenvalue weighted by atomic mass is 9.97. The third-order valence-corrected chi connectivity index (χ3v) is 7.03. The fourth-order valence-electron chi connectivity index (χ4n) is 4.34. The van der Waals surface area contributed by atoms with Crippen molar-refractivity contribution in [3.8, 4) is 5.69 Å². The van der Waals surface area contributed by atoms with Crippen LogP contribution in [0.5, 0.6) is 0 Å². The molecule has 0 saturated carbocycles. The van der Waals surface area contributed by atoms with E-state index in [1.807, 2.05) is 73.0 Å². The highest BCUT2D eigenvalue weighted by atomic mass is 32.1. The summed E-state index contributed by atoms with van der Waals surface area (Å²) in [6, 6.07) is 19.7. The van der Waals surface area contributed by atoms with Crippen LogP contribution >= 0.6 is 11.3 Å². The lowest BCUT2D eigenvalue weighted by Gasteiger charge is -2.34. The van der Waals surface area contributed by atoms with E-state index in [4.69, 9.17) is 4.98 Å². The van der Waals surface area contributed by atoms with Crippen LogP contribution in [0.4, 0.5) is 5.95 Å². The number of carbonyl (C=O) groups excluding carboxylic acids is 1. The number of carbonyl (C=O) groups is 1. The van der Waals surface area contributed by atoms with Crippen molar-refractivity contribution >= 4 is 33.4 Å². The zero-order valence-corrected chi connectivity index (χ0v) is 19.3. The van der Waals surface area contributed by atoms with Crippen molar-refractivity contribution in [3.63, 3.8) is 0 Å². The quantitative estimate of drug-likeness (QED) is 0.485. The summed E-state index contributed by atoms with van der Waals surface area (Å²) in [5, 5.41) is 4.98. The molecule has 2 aromatic heterocycles. The molecule has 1 N–H and O–H groups in total. The molecule has 3 heterocycles. The largest absolute Gasteiger partial charge is 0.352 e. The highest BCUT2D eigenvalue weighted by Crippen LogP contribution is 2.26. The molecule has 4 aromatic rings. The van der Waals surface area contributed by atoms with Gasteiger partial charge in [-0.15, -0.1) is 11.3 Å². The molecule has 0 radical (unpaired) electrons. The maximum atomic E-state index is 13.4. The van der Waals surface area contributed by atoms with Crippen LogP contribution in [0.2, 0.25) is 0 Å². The standard InChI is InChI=1S/C26H26N4O2S/c1-18-9-11-21(12-10-18)30-25(32)23-22(13-15-33-23)28-26(30)29-14-5-8-20(17-29)24(31)27-16-19-6-3-2-4-7-19/h2-4,6-7,9-13,15,20H,5,8,14,16-17H2,1H3,(H,27,31)/t20-/m1/s1. The predicted molar refractivity (Wildman–Crippen MR) is 133 cm³/mol. The average Bonchev–Trinajstić information content (AvgIpc) is 3.33. The second-order valence-electron chi connectivity index (χ2n) is 8.51. The van der Waals surface area contributed by atoms with Crippen LogP contribution in [0, 0.1) is 12.8 Å². The first-order valence-corrected chi connectivity index (χ1v) is 12.1. The van der Waals surface area contributed by atoms with Gasteiger partial charge in [0.2, 0.25) is 11.9 Å². The summed E-state index contributed by atoms with van der Waals surface area (Å²) in [5.74, 6) is 0.503. The van der Waals surface area contributed by atoms with Crippen LogP contribution in [0.1, 0.15) is 24.0 Å². The molecule has 5 rings (SSSR count). The van der Waals surface area contributed by atoms with Crippen molar-refractivity contribution in [1.82, 2.24) is 14.9 Å². The number of amides is 1. The normalized spacial score (nSPS) is 16.2. The zero-order chi connectivity index (χ0) is 22.8. The average molecular weight is 459 g/mol. The summed E-state index contributed by atoms with van der Waals surface area (Å²) >= 11 is 1.41. The van der Waals surface area contributed by atoms with E-state index in [9.17, 15) is 9.59 Å². The Bertz CT molecular complexity index is 1330. The second-order valence-corrected chi connectivity index (χ2v) is 9.43. The number of rotatable bonds is 5. The number of hydrogen-bond donors (Lipinski definition) is 1. The fourth-order valence-corrected chi connectivity index (χ4v) is 5.10.